The van der Waals surface area contributed by atoms with Crippen molar-refractivity contribution in [2.45, 2.75) is 18.8 Å². The summed E-state index contributed by atoms with van der Waals surface area (Å²) >= 11 is 0. The molecule has 4 rings (SSSR count). The lowest BCUT2D eigenvalue weighted by molar-refractivity contribution is 0.487. The van der Waals surface area contributed by atoms with Gasteiger partial charge in [0.25, 0.3) is 0 Å². The molecule has 0 unspecified atom stereocenters. The Morgan fingerprint density at radius 3 is 2.70 bits per heavy atom. The van der Waals surface area contributed by atoms with E-state index in [4.69, 9.17) is 4.98 Å². The van der Waals surface area contributed by atoms with Gasteiger partial charge in [-0.3, -0.25) is 5.10 Å². The van der Waals surface area contributed by atoms with Gasteiger partial charge in [0.05, 0.1) is 0 Å². The van der Waals surface area contributed by atoms with Gasteiger partial charge in [0.1, 0.15) is 5.82 Å². The lowest BCUT2D eigenvalue weighted by Gasteiger charge is -2.31. The van der Waals surface area contributed by atoms with E-state index >= 15 is 0 Å². The van der Waals surface area contributed by atoms with Crippen molar-refractivity contribution < 1.29 is 0 Å². The van der Waals surface area contributed by atoms with Crippen LogP contribution in [0.2, 0.25) is 0 Å². The molecule has 1 aliphatic heterocycles. The zero-order valence-electron chi connectivity index (χ0n) is 12.8. The maximum atomic E-state index is 4.70. The molecule has 1 saturated heterocycles. The third-order valence-electron chi connectivity index (χ3n) is 4.18. The highest BCUT2D eigenvalue weighted by atomic mass is 15.3. The molecule has 2 aromatic heterocycles. The summed E-state index contributed by atoms with van der Waals surface area (Å²) in [5.41, 5.74) is 1.04. The molecule has 0 amide bonds. The molecule has 1 fully saturated rings. The number of nitrogens with zero attached hydrogens (tertiary/aromatic N) is 5. The number of hydrogen-bond acceptors (Lipinski definition) is 5. The molecule has 1 N–H and O–H groups in total. The average molecular weight is 306 g/mol. The van der Waals surface area contributed by atoms with E-state index in [0.29, 0.717) is 5.92 Å². The van der Waals surface area contributed by atoms with Crippen LogP contribution in [0.25, 0.3) is 11.4 Å². The highest BCUT2D eigenvalue weighted by molar-refractivity contribution is 5.54. The molecule has 6 nitrogen and oxygen atoms in total. The number of aromatic amines is 1. The van der Waals surface area contributed by atoms with Gasteiger partial charge in [-0.2, -0.15) is 5.10 Å². The van der Waals surface area contributed by atoms with Crippen LogP contribution in [-0.2, 0) is 0 Å². The van der Waals surface area contributed by atoms with Gasteiger partial charge in [-0.15, -0.1) is 0 Å². The summed E-state index contributed by atoms with van der Waals surface area (Å²) in [4.78, 5) is 15.6. The lowest BCUT2D eigenvalue weighted by atomic mass is 9.97. The summed E-state index contributed by atoms with van der Waals surface area (Å²) in [5.74, 6) is 2.83. The molecule has 1 atom stereocenters. The van der Waals surface area contributed by atoms with Crippen molar-refractivity contribution >= 4 is 5.95 Å². The largest absolute Gasteiger partial charge is 0.340 e. The van der Waals surface area contributed by atoms with E-state index in [0.717, 1.165) is 49.1 Å². The normalized spacial score (nSPS) is 18.1. The highest BCUT2D eigenvalue weighted by Gasteiger charge is 2.25. The molecule has 0 spiro atoms. The second-order valence-corrected chi connectivity index (χ2v) is 5.74. The number of H-pyrrole nitrogens is 1. The first-order valence-electron chi connectivity index (χ1n) is 7.90. The third-order valence-corrected chi connectivity index (χ3v) is 4.18. The molecule has 23 heavy (non-hydrogen) atoms. The van der Waals surface area contributed by atoms with E-state index in [2.05, 4.69) is 25.1 Å². The number of benzene rings is 1. The molecular formula is C17H18N6. The fraction of sp³-hybridized carbons (Fsp3) is 0.294. The third kappa shape index (κ3) is 2.92. The van der Waals surface area contributed by atoms with Gasteiger partial charge in [0.2, 0.25) is 5.95 Å². The van der Waals surface area contributed by atoms with Crippen molar-refractivity contribution in [2.24, 2.45) is 0 Å². The Morgan fingerprint density at radius 2 is 1.87 bits per heavy atom. The van der Waals surface area contributed by atoms with Crippen molar-refractivity contribution in [3.63, 3.8) is 0 Å². The Labute approximate surface area is 134 Å². The van der Waals surface area contributed by atoms with Crippen molar-refractivity contribution in [3.8, 4) is 11.4 Å². The van der Waals surface area contributed by atoms with Crippen LogP contribution >= 0.6 is 0 Å². The van der Waals surface area contributed by atoms with Crippen molar-refractivity contribution in [3.05, 3.63) is 54.6 Å². The number of anilines is 1. The van der Waals surface area contributed by atoms with E-state index in [9.17, 15) is 0 Å². The molecule has 0 radical (unpaired) electrons. The molecule has 1 aromatic carbocycles. The van der Waals surface area contributed by atoms with Crippen LogP contribution in [-0.4, -0.2) is 38.2 Å². The predicted molar refractivity (Wildman–Crippen MR) is 88.0 cm³/mol. The molecular weight excluding hydrogens is 288 g/mol. The summed E-state index contributed by atoms with van der Waals surface area (Å²) in [6.07, 6.45) is 5.78. The van der Waals surface area contributed by atoms with Crippen LogP contribution in [0.3, 0.4) is 0 Å². The summed E-state index contributed by atoms with van der Waals surface area (Å²) in [6, 6.07) is 11.9. The Hall–Kier alpha value is -2.76. The van der Waals surface area contributed by atoms with Gasteiger partial charge >= 0.3 is 0 Å². The molecule has 6 heteroatoms. The second kappa shape index (κ2) is 6.16. The number of hydrogen-bond donors (Lipinski definition) is 1. The van der Waals surface area contributed by atoms with E-state index in [1.165, 1.54) is 0 Å². The summed E-state index contributed by atoms with van der Waals surface area (Å²) in [5, 5.41) is 7.49. The Balaban J connectivity index is 1.53. The van der Waals surface area contributed by atoms with Gasteiger partial charge in [-0.25, -0.2) is 15.0 Å². The van der Waals surface area contributed by atoms with Gasteiger partial charge < -0.3 is 4.90 Å². The van der Waals surface area contributed by atoms with E-state index < -0.39 is 0 Å². The minimum atomic E-state index is 0.331. The number of rotatable bonds is 3. The SMILES string of the molecule is c1ccc(-c2n[nH]c([C@@H]3CCCN(c4ncccn4)C3)n2)cc1. The van der Waals surface area contributed by atoms with E-state index in [-0.39, 0.29) is 0 Å². The summed E-state index contributed by atoms with van der Waals surface area (Å²) in [7, 11) is 0. The molecule has 0 bridgehead atoms. The van der Waals surface area contributed by atoms with Crippen LogP contribution in [0.15, 0.2) is 48.8 Å². The standard InChI is InChI=1S/C17H18N6/c1-2-6-13(7-3-1)15-20-16(22-21-15)14-8-4-11-23(12-14)17-18-9-5-10-19-17/h1-3,5-7,9-10,14H,4,8,11-12H2,(H,20,21,22)/t14-/m1/s1. The van der Waals surface area contributed by atoms with Crippen LogP contribution in [0.4, 0.5) is 5.95 Å². The van der Waals surface area contributed by atoms with E-state index in [1.54, 1.807) is 12.4 Å². The monoisotopic (exact) mass is 306 g/mol. The number of nitrogens with one attached hydrogen (secondary N) is 1. The quantitative estimate of drug-likeness (QED) is 0.805. The molecule has 3 aromatic rings. The lowest BCUT2D eigenvalue weighted by Crippen LogP contribution is -2.35. The minimum Gasteiger partial charge on any atom is -0.340 e. The fourth-order valence-electron chi connectivity index (χ4n) is 3.01. The molecule has 1 aliphatic rings. The highest BCUT2D eigenvalue weighted by Crippen LogP contribution is 2.27. The second-order valence-electron chi connectivity index (χ2n) is 5.74. The van der Waals surface area contributed by atoms with Crippen LogP contribution in [0, 0.1) is 0 Å². The topological polar surface area (TPSA) is 70.6 Å². The van der Waals surface area contributed by atoms with Crippen molar-refractivity contribution in [1.82, 2.24) is 25.1 Å². The van der Waals surface area contributed by atoms with Gasteiger partial charge in [0, 0.05) is 37.0 Å². The van der Waals surface area contributed by atoms with Crippen LogP contribution in [0.5, 0.6) is 0 Å². The minimum absolute atomic E-state index is 0.331. The Morgan fingerprint density at radius 1 is 1.04 bits per heavy atom. The summed E-state index contributed by atoms with van der Waals surface area (Å²) in [6.45, 7) is 1.85. The summed E-state index contributed by atoms with van der Waals surface area (Å²) < 4.78 is 0. The predicted octanol–water partition coefficient (Wildman–Crippen LogP) is 2.65. The van der Waals surface area contributed by atoms with Gasteiger partial charge in [-0.1, -0.05) is 30.3 Å². The van der Waals surface area contributed by atoms with Crippen LogP contribution in [0.1, 0.15) is 24.6 Å². The first kappa shape index (κ1) is 13.9. The number of piperidine rings is 1. The zero-order chi connectivity index (χ0) is 15.5. The maximum Gasteiger partial charge on any atom is 0.225 e. The molecule has 3 heterocycles. The molecule has 116 valence electrons. The Kier molecular flexibility index (Phi) is 3.71. The maximum absolute atomic E-state index is 4.70. The van der Waals surface area contributed by atoms with Gasteiger partial charge in [-0.05, 0) is 18.9 Å². The van der Waals surface area contributed by atoms with E-state index in [1.807, 2.05) is 36.4 Å². The molecule has 0 saturated carbocycles. The zero-order valence-corrected chi connectivity index (χ0v) is 12.8. The number of aromatic nitrogens is 5. The fourth-order valence-corrected chi connectivity index (χ4v) is 3.01. The molecule has 0 aliphatic carbocycles. The Bertz CT molecular complexity index is 755. The first-order valence-corrected chi connectivity index (χ1v) is 7.90. The average Bonchev–Trinajstić information content (AvgIpc) is 3.14. The van der Waals surface area contributed by atoms with Crippen molar-refractivity contribution in [1.29, 1.82) is 0 Å². The first-order chi connectivity index (χ1) is 11.4. The van der Waals surface area contributed by atoms with Crippen LogP contribution < -0.4 is 4.90 Å². The smallest absolute Gasteiger partial charge is 0.225 e. The van der Waals surface area contributed by atoms with Gasteiger partial charge in [0.15, 0.2) is 5.82 Å². The van der Waals surface area contributed by atoms with Crippen molar-refractivity contribution in [2.75, 3.05) is 18.0 Å².